The minimum Gasteiger partial charge on any atom is -0.355 e. The van der Waals surface area contributed by atoms with E-state index in [-0.39, 0.29) is 22.6 Å². The van der Waals surface area contributed by atoms with Crippen molar-refractivity contribution in [3.05, 3.63) is 88.3 Å². The van der Waals surface area contributed by atoms with Crippen LogP contribution >= 0.6 is 22.9 Å². The summed E-state index contributed by atoms with van der Waals surface area (Å²) in [5, 5.41) is 2.84. The fraction of sp³-hybridized carbons (Fsp3) is 0.227. The van der Waals surface area contributed by atoms with Crippen molar-refractivity contribution in [2.75, 3.05) is 20.1 Å². The third-order valence-electron chi connectivity index (χ3n) is 4.74. The van der Waals surface area contributed by atoms with Crippen LogP contribution in [0.25, 0.3) is 0 Å². The normalized spacial score (nSPS) is 11.7. The Morgan fingerprint density at radius 1 is 1.00 bits per heavy atom. The standard InChI is InChI=1S/C22H23ClN2O3S2/c1-25(30(27,28)22-13-12-20(23)29-22)16-21(26)24-15-14-19(17-8-4-2-5-9-17)18-10-6-3-7-11-18/h2-13,19H,14-16H2,1H3,(H,24,26). The molecule has 3 rings (SSSR count). The van der Waals surface area contributed by atoms with E-state index in [0.29, 0.717) is 17.3 Å². The van der Waals surface area contributed by atoms with E-state index in [4.69, 9.17) is 11.6 Å². The maximum atomic E-state index is 12.5. The van der Waals surface area contributed by atoms with Gasteiger partial charge in [-0.2, -0.15) is 4.31 Å². The maximum absolute atomic E-state index is 12.5. The molecule has 0 saturated carbocycles. The molecule has 1 amide bonds. The van der Waals surface area contributed by atoms with Crippen molar-refractivity contribution in [3.8, 4) is 0 Å². The smallest absolute Gasteiger partial charge is 0.252 e. The summed E-state index contributed by atoms with van der Waals surface area (Å²) in [6.07, 6.45) is 0.705. The highest BCUT2D eigenvalue weighted by atomic mass is 35.5. The van der Waals surface area contributed by atoms with Gasteiger partial charge in [0.2, 0.25) is 5.91 Å². The average molecular weight is 463 g/mol. The zero-order chi connectivity index (χ0) is 21.6. The summed E-state index contributed by atoms with van der Waals surface area (Å²) in [6.45, 7) is 0.186. The molecule has 3 aromatic rings. The van der Waals surface area contributed by atoms with Crippen LogP contribution in [0.15, 0.2) is 77.0 Å². The first-order valence-corrected chi connectivity index (χ1v) is 12.1. The number of hydrogen-bond acceptors (Lipinski definition) is 4. The number of carbonyl (C=O) groups excluding carboxylic acids is 1. The van der Waals surface area contributed by atoms with Crippen molar-refractivity contribution in [3.63, 3.8) is 0 Å². The fourth-order valence-electron chi connectivity index (χ4n) is 3.19. The number of benzene rings is 2. The molecule has 0 aliphatic heterocycles. The Bertz CT molecular complexity index is 1030. The second kappa shape index (κ2) is 10.2. The second-order valence-corrected chi connectivity index (χ2v) is 10.8. The van der Waals surface area contributed by atoms with Gasteiger partial charge in [-0.1, -0.05) is 72.3 Å². The summed E-state index contributed by atoms with van der Waals surface area (Å²) in [5.41, 5.74) is 2.35. The minimum atomic E-state index is -3.73. The first-order chi connectivity index (χ1) is 14.4. The van der Waals surface area contributed by atoms with Gasteiger partial charge < -0.3 is 5.32 Å². The Balaban J connectivity index is 1.59. The summed E-state index contributed by atoms with van der Waals surface area (Å²) in [7, 11) is -2.35. The highest BCUT2D eigenvalue weighted by Gasteiger charge is 2.24. The van der Waals surface area contributed by atoms with Gasteiger partial charge in [0, 0.05) is 19.5 Å². The molecular formula is C22H23ClN2O3S2. The van der Waals surface area contributed by atoms with Crippen LogP contribution in [0, 0.1) is 0 Å². The first-order valence-electron chi connectivity index (χ1n) is 9.46. The number of nitrogens with one attached hydrogen (secondary N) is 1. The van der Waals surface area contributed by atoms with Gasteiger partial charge in [0.25, 0.3) is 10.0 Å². The zero-order valence-electron chi connectivity index (χ0n) is 16.5. The predicted octanol–water partition coefficient (Wildman–Crippen LogP) is 4.36. The molecule has 5 nitrogen and oxygen atoms in total. The lowest BCUT2D eigenvalue weighted by Gasteiger charge is -2.19. The number of hydrogen-bond donors (Lipinski definition) is 1. The molecular weight excluding hydrogens is 440 g/mol. The Labute approximate surface area is 186 Å². The van der Waals surface area contributed by atoms with E-state index in [0.717, 1.165) is 15.6 Å². The van der Waals surface area contributed by atoms with Gasteiger partial charge in [-0.25, -0.2) is 8.42 Å². The number of rotatable bonds is 9. The summed E-state index contributed by atoms with van der Waals surface area (Å²) >= 11 is 6.80. The Morgan fingerprint density at radius 3 is 2.07 bits per heavy atom. The number of carbonyl (C=O) groups is 1. The van der Waals surface area contributed by atoms with E-state index >= 15 is 0 Å². The number of halogens is 1. The van der Waals surface area contributed by atoms with Gasteiger partial charge in [0.05, 0.1) is 10.9 Å². The largest absolute Gasteiger partial charge is 0.355 e. The molecule has 8 heteroatoms. The molecule has 0 fully saturated rings. The fourth-order valence-corrected chi connectivity index (χ4v) is 6.01. The first kappa shape index (κ1) is 22.5. The third kappa shape index (κ3) is 5.70. The van der Waals surface area contributed by atoms with Crippen LogP contribution < -0.4 is 5.32 Å². The molecule has 158 valence electrons. The van der Waals surface area contributed by atoms with Crippen LogP contribution in [0.3, 0.4) is 0 Å². The third-order valence-corrected chi connectivity index (χ3v) is 8.24. The molecule has 0 spiro atoms. The SMILES string of the molecule is CN(CC(=O)NCCC(c1ccccc1)c1ccccc1)S(=O)(=O)c1ccc(Cl)s1. The monoisotopic (exact) mass is 462 g/mol. The lowest BCUT2D eigenvalue weighted by atomic mass is 9.88. The maximum Gasteiger partial charge on any atom is 0.252 e. The van der Waals surface area contributed by atoms with Crippen molar-refractivity contribution >= 4 is 38.9 Å². The summed E-state index contributed by atoms with van der Waals surface area (Å²) in [5.74, 6) is -0.203. The van der Waals surface area contributed by atoms with E-state index in [1.165, 1.54) is 30.3 Å². The average Bonchev–Trinajstić information content (AvgIpc) is 3.19. The van der Waals surface area contributed by atoms with Gasteiger partial charge in [-0.3, -0.25) is 4.79 Å². The Kier molecular flexibility index (Phi) is 7.66. The highest BCUT2D eigenvalue weighted by molar-refractivity contribution is 7.91. The molecule has 1 aromatic heterocycles. The topological polar surface area (TPSA) is 66.5 Å². The summed E-state index contributed by atoms with van der Waals surface area (Å²) < 4.78 is 26.6. The molecule has 0 atom stereocenters. The van der Waals surface area contributed by atoms with Crippen LogP contribution in [0.4, 0.5) is 0 Å². The van der Waals surface area contributed by atoms with Gasteiger partial charge >= 0.3 is 0 Å². The van der Waals surface area contributed by atoms with Gasteiger partial charge in [0.15, 0.2) is 0 Å². The number of nitrogens with zero attached hydrogens (tertiary/aromatic N) is 1. The van der Waals surface area contributed by atoms with E-state index < -0.39 is 10.0 Å². The number of sulfonamides is 1. The highest BCUT2D eigenvalue weighted by Crippen LogP contribution is 2.28. The summed E-state index contributed by atoms with van der Waals surface area (Å²) in [6, 6.07) is 23.2. The molecule has 30 heavy (non-hydrogen) atoms. The second-order valence-electron chi connectivity index (χ2n) is 6.83. The molecule has 1 heterocycles. The Hall–Kier alpha value is -2.19. The minimum absolute atomic E-state index is 0.121. The van der Waals surface area contributed by atoms with Gasteiger partial charge in [-0.05, 0) is 29.7 Å². The van der Waals surface area contributed by atoms with Crippen molar-refractivity contribution in [2.45, 2.75) is 16.5 Å². The molecule has 0 saturated heterocycles. The number of amides is 1. The van der Waals surface area contributed by atoms with Crippen molar-refractivity contribution in [2.24, 2.45) is 0 Å². The molecule has 0 radical (unpaired) electrons. The molecule has 1 N–H and O–H groups in total. The van der Waals surface area contributed by atoms with Crippen molar-refractivity contribution in [1.82, 2.24) is 9.62 Å². The van der Waals surface area contributed by atoms with Crippen LogP contribution in [0.1, 0.15) is 23.5 Å². The molecule has 0 aliphatic rings. The number of thiophene rings is 1. The number of likely N-dealkylation sites (N-methyl/N-ethyl adjacent to an activating group) is 1. The molecule has 0 unspecified atom stereocenters. The zero-order valence-corrected chi connectivity index (χ0v) is 18.9. The van der Waals surface area contributed by atoms with Crippen LogP contribution in [-0.4, -0.2) is 38.8 Å². The summed E-state index contributed by atoms with van der Waals surface area (Å²) in [4.78, 5) is 12.4. The predicted molar refractivity (Wildman–Crippen MR) is 121 cm³/mol. The molecule has 0 aliphatic carbocycles. The lowest BCUT2D eigenvalue weighted by molar-refractivity contribution is -0.121. The Morgan fingerprint density at radius 2 is 1.57 bits per heavy atom. The van der Waals surface area contributed by atoms with Crippen molar-refractivity contribution < 1.29 is 13.2 Å². The van der Waals surface area contributed by atoms with E-state index in [2.05, 4.69) is 29.6 Å². The molecule has 0 bridgehead atoms. The van der Waals surface area contributed by atoms with Gasteiger partial charge in [-0.15, -0.1) is 11.3 Å². The van der Waals surface area contributed by atoms with E-state index in [1.807, 2.05) is 36.4 Å². The lowest BCUT2D eigenvalue weighted by Crippen LogP contribution is -2.38. The van der Waals surface area contributed by atoms with E-state index in [1.54, 1.807) is 0 Å². The van der Waals surface area contributed by atoms with Crippen LogP contribution in [0.2, 0.25) is 4.34 Å². The van der Waals surface area contributed by atoms with Crippen LogP contribution in [0.5, 0.6) is 0 Å². The van der Waals surface area contributed by atoms with E-state index in [9.17, 15) is 13.2 Å². The van der Waals surface area contributed by atoms with Crippen molar-refractivity contribution in [1.29, 1.82) is 0 Å². The van der Waals surface area contributed by atoms with Crippen LogP contribution in [-0.2, 0) is 14.8 Å². The molecule has 2 aromatic carbocycles. The quantitative estimate of drug-likeness (QED) is 0.513. The van der Waals surface area contributed by atoms with Gasteiger partial charge in [0.1, 0.15) is 4.21 Å².